The molecule has 1 unspecified atom stereocenters. The van der Waals surface area contributed by atoms with Crippen molar-refractivity contribution in [2.75, 3.05) is 5.88 Å². The van der Waals surface area contributed by atoms with Crippen molar-refractivity contribution in [3.05, 3.63) is 18.0 Å². The predicted octanol–water partition coefficient (Wildman–Crippen LogP) is 1.56. The van der Waals surface area contributed by atoms with Crippen LogP contribution >= 0.6 is 11.6 Å². The lowest BCUT2D eigenvalue weighted by atomic mass is 10.1. The molecule has 0 saturated carbocycles. The fourth-order valence-electron chi connectivity index (χ4n) is 1.37. The monoisotopic (exact) mass is 229 g/mol. The Hall–Kier alpha value is -1.03. The van der Waals surface area contributed by atoms with Gasteiger partial charge in [0.2, 0.25) is 0 Å². The molecule has 1 atom stereocenters. The first-order valence-corrected chi connectivity index (χ1v) is 5.57. The van der Waals surface area contributed by atoms with E-state index in [9.17, 15) is 4.79 Å². The molecule has 1 aromatic rings. The SMILES string of the molecule is CCC(CCCl)NC(=O)c1ccnn1C. The maximum Gasteiger partial charge on any atom is 0.269 e. The van der Waals surface area contributed by atoms with Crippen LogP contribution in [0.3, 0.4) is 0 Å². The van der Waals surface area contributed by atoms with Gasteiger partial charge in [-0.25, -0.2) is 0 Å². The van der Waals surface area contributed by atoms with Gasteiger partial charge in [0, 0.05) is 25.2 Å². The average molecular weight is 230 g/mol. The Kier molecular flexibility index (Phi) is 4.62. The molecule has 0 spiro atoms. The molecule has 1 amide bonds. The second kappa shape index (κ2) is 5.75. The van der Waals surface area contributed by atoms with Crippen molar-refractivity contribution in [1.82, 2.24) is 15.1 Å². The van der Waals surface area contributed by atoms with Gasteiger partial charge in [-0.1, -0.05) is 6.92 Å². The van der Waals surface area contributed by atoms with Crippen molar-refractivity contribution >= 4 is 17.5 Å². The van der Waals surface area contributed by atoms with Gasteiger partial charge in [-0.05, 0) is 18.9 Å². The average Bonchev–Trinajstić information content (AvgIpc) is 2.63. The smallest absolute Gasteiger partial charge is 0.269 e. The maximum atomic E-state index is 11.8. The molecular weight excluding hydrogens is 214 g/mol. The Morgan fingerprint density at radius 2 is 2.47 bits per heavy atom. The molecule has 0 aromatic carbocycles. The highest BCUT2D eigenvalue weighted by atomic mass is 35.5. The van der Waals surface area contributed by atoms with Crippen LogP contribution in [0.25, 0.3) is 0 Å². The normalized spacial score (nSPS) is 12.5. The lowest BCUT2D eigenvalue weighted by molar-refractivity contribution is 0.0925. The van der Waals surface area contributed by atoms with Gasteiger partial charge in [-0.3, -0.25) is 9.48 Å². The lowest BCUT2D eigenvalue weighted by Crippen LogP contribution is -2.35. The summed E-state index contributed by atoms with van der Waals surface area (Å²) in [5.41, 5.74) is 0.572. The molecule has 1 heterocycles. The molecular formula is C10H16ClN3O. The fraction of sp³-hybridized carbons (Fsp3) is 0.600. The maximum absolute atomic E-state index is 11.8. The summed E-state index contributed by atoms with van der Waals surface area (Å²) in [6.07, 6.45) is 3.29. The second-order valence-electron chi connectivity index (χ2n) is 3.40. The van der Waals surface area contributed by atoms with Crippen LogP contribution in [-0.2, 0) is 7.05 Å². The molecule has 0 aliphatic heterocycles. The van der Waals surface area contributed by atoms with Crippen LogP contribution in [0.2, 0.25) is 0 Å². The minimum atomic E-state index is -0.0908. The predicted molar refractivity (Wildman–Crippen MR) is 60.1 cm³/mol. The molecule has 5 heteroatoms. The third-order valence-electron chi connectivity index (χ3n) is 2.34. The number of nitrogens with zero attached hydrogens (tertiary/aromatic N) is 2. The van der Waals surface area contributed by atoms with Crippen molar-refractivity contribution < 1.29 is 4.79 Å². The van der Waals surface area contributed by atoms with Gasteiger partial charge < -0.3 is 5.32 Å². The van der Waals surface area contributed by atoms with E-state index < -0.39 is 0 Å². The molecule has 84 valence electrons. The summed E-state index contributed by atoms with van der Waals surface area (Å²) < 4.78 is 1.56. The molecule has 1 rings (SSSR count). The number of aryl methyl sites for hydroxylation is 1. The van der Waals surface area contributed by atoms with Gasteiger partial charge in [0.25, 0.3) is 5.91 Å². The molecule has 0 aliphatic carbocycles. The molecule has 0 saturated heterocycles. The molecule has 0 radical (unpaired) electrons. The van der Waals surface area contributed by atoms with Gasteiger partial charge in [0.1, 0.15) is 5.69 Å². The molecule has 0 aliphatic rings. The second-order valence-corrected chi connectivity index (χ2v) is 3.77. The van der Waals surface area contributed by atoms with Gasteiger partial charge in [0.15, 0.2) is 0 Å². The van der Waals surface area contributed by atoms with E-state index in [0.29, 0.717) is 11.6 Å². The Morgan fingerprint density at radius 1 is 1.73 bits per heavy atom. The van der Waals surface area contributed by atoms with Crippen LogP contribution < -0.4 is 5.32 Å². The zero-order valence-electron chi connectivity index (χ0n) is 9.03. The number of amides is 1. The number of nitrogens with one attached hydrogen (secondary N) is 1. The molecule has 0 fully saturated rings. The molecule has 1 N–H and O–H groups in total. The fourth-order valence-corrected chi connectivity index (χ4v) is 1.63. The van der Waals surface area contributed by atoms with E-state index in [-0.39, 0.29) is 11.9 Å². The first-order valence-electron chi connectivity index (χ1n) is 5.03. The highest BCUT2D eigenvalue weighted by Gasteiger charge is 2.13. The molecule has 15 heavy (non-hydrogen) atoms. The Bertz CT molecular complexity index is 324. The molecule has 0 bridgehead atoms. The van der Waals surface area contributed by atoms with E-state index in [1.165, 1.54) is 0 Å². The number of carbonyl (C=O) groups is 1. The number of alkyl halides is 1. The van der Waals surface area contributed by atoms with Crippen molar-refractivity contribution in [1.29, 1.82) is 0 Å². The minimum Gasteiger partial charge on any atom is -0.348 e. The van der Waals surface area contributed by atoms with Gasteiger partial charge in [0.05, 0.1) is 0 Å². The van der Waals surface area contributed by atoms with Gasteiger partial charge in [-0.15, -0.1) is 11.6 Å². The number of halogens is 1. The first kappa shape index (κ1) is 12.0. The van der Waals surface area contributed by atoms with Gasteiger partial charge in [-0.2, -0.15) is 5.10 Å². The van der Waals surface area contributed by atoms with E-state index in [1.807, 2.05) is 6.92 Å². The zero-order chi connectivity index (χ0) is 11.3. The summed E-state index contributed by atoms with van der Waals surface area (Å²) in [4.78, 5) is 11.8. The summed E-state index contributed by atoms with van der Waals surface area (Å²) >= 11 is 5.65. The van der Waals surface area contributed by atoms with Gasteiger partial charge >= 0.3 is 0 Å². The largest absolute Gasteiger partial charge is 0.348 e. The third-order valence-corrected chi connectivity index (χ3v) is 2.56. The van der Waals surface area contributed by atoms with Crippen LogP contribution in [0.5, 0.6) is 0 Å². The summed E-state index contributed by atoms with van der Waals surface area (Å²) in [5.74, 6) is 0.469. The summed E-state index contributed by atoms with van der Waals surface area (Å²) in [5, 5.41) is 6.87. The topological polar surface area (TPSA) is 46.9 Å². The summed E-state index contributed by atoms with van der Waals surface area (Å²) in [7, 11) is 1.75. The zero-order valence-corrected chi connectivity index (χ0v) is 9.79. The number of carbonyl (C=O) groups excluding carboxylic acids is 1. The Labute approximate surface area is 94.6 Å². The first-order chi connectivity index (χ1) is 7.19. The van der Waals surface area contributed by atoms with Crippen LogP contribution in [0, 0.1) is 0 Å². The quantitative estimate of drug-likeness (QED) is 0.779. The highest BCUT2D eigenvalue weighted by Crippen LogP contribution is 2.02. The van der Waals surface area contributed by atoms with Crippen LogP contribution in [0.4, 0.5) is 0 Å². The Balaban J connectivity index is 2.58. The third kappa shape index (κ3) is 3.23. The van der Waals surface area contributed by atoms with E-state index in [2.05, 4.69) is 10.4 Å². The van der Waals surface area contributed by atoms with Crippen LogP contribution in [0.1, 0.15) is 30.3 Å². The van der Waals surface area contributed by atoms with E-state index in [0.717, 1.165) is 12.8 Å². The van der Waals surface area contributed by atoms with E-state index in [1.54, 1.807) is 24.0 Å². The number of hydrogen-bond acceptors (Lipinski definition) is 2. The van der Waals surface area contributed by atoms with Crippen molar-refractivity contribution in [3.63, 3.8) is 0 Å². The Morgan fingerprint density at radius 3 is 2.93 bits per heavy atom. The molecule has 4 nitrogen and oxygen atoms in total. The van der Waals surface area contributed by atoms with Crippen LogP contribution in [0.15, 0.2) is 12.3 Å². The van der Waals surface area contributed by atoms with E-state index >= 15 is 0 Å². The summed E-state index contributed by atoms with van der Waals surface area (Å²) in [6, 6.07) is 1.84. The molecule has 1 aromatic heterocycles. The standard InChI is InChI=1S/C10H16ClN3O/c1-3-8(4-6-11)13-10(15)9-5-7-12-14(9)2/h5,7-8H,3-4,6H2,1-2H3,(H,13,15). The number of aromatic nitrogens is 2. The number of rotatable bonds is 5. The summed E-state index contributed by atoms with van der Waals surface area (Å²) in [6.45, 7) is 2.03. The van der Waals surface area contributed by atoms with Crippen molar-refractivity contribution in [2.45, 2.75) is 25.8 Å². The van der Waals surface area contributed by atoms with Crippen molar-refractivity contribution in [3.8, 4) is 0 Å². The van der Waals surface area contributed by atoms with Crippen molar-refractivity contribution in [2.24, 2.45) is 7.05 Å². The van der Waals surface area contributed by atoms with Crippen LogP contribution in [-0.4, -0.2) is 27.6 Å². The van der Waals surface area contributed by atoms with E-state index in [4.69, 9.17) is 11.6 Å². The highest BCUT2D eigenvalue weighted by molar-refractivity contribution is 6.17. The minimum absolute atomic E-state index is 0.0908. The number of hydrogen-bond donors (Lipinski definition) is 1. The lowest BCUT2D eigenvalue weighted by Gasteiger charge is -2.15.